The van der Waals surface area contributed by atoms with Crippen LogP contribution in [0.2, 0.25) is 0 Å². The van der Waals surface area contributed by atoms with Crippen molar-refractivity contribution in [3.63, 3.8) is 0 Å². The number of aromatic amines is 2. The minimum Gasteiger partial charge on any atom is -0.356 e. The Morgan fingerprint density at radius 2 is 1.79 bits per heavy atom. The molecule has 1 saturated carbocycles. The van der Waals surface area contributed by atoms with Crippen LogP contribution in [0.25, 0.3) is 44.6 Å². The number of fused-ring (bicyclic) bond motifs is 2. The van der Waals surface area contributed by atoms with E-state index in [-0.39, 0.29) is 11.8 Å². The molecule has 2 aliphatic rings. The highest BCUT2D eigenvalue weighted by atomic mass is 16.1. The molecule has 3 N–H and O–H groups in total. The lowest BCUT2D eigenvalue weighted by molar-refractivity contribution is -0.120. The van der Waals surface area contributed by atoms with Crippen molar-refractivity contribution in [2.24, 2.45) is 5.92 Å². The van der Waals surface area contributed by atoms with Crippen molar-refractivity contribution in [1.29, 1.82) is 0 Å². The van der Waals surface area contributed by atoms with Crippen LogP contribution in [0, 0.1) is 5.92 Å². The van der Waals surface area contributed by atoms with Crippen LogP contribution in [0.1, 0.15) is 51.4 Å². The second-order valence-electron chi connectivity index (χ2n) is 10.8. The van der Waals surface area contributed by atoms with Gasteiger partial charge in [0.05, 0.1) is 34.3 Å². The van der Waals surface area contributed by atoms with Gasteiger partial charge in [-0.2, -0.15) is 5.10 Å². The van der Waals surface area contributed by atoms with Gasteiger partial charge in [-0.1, -0.05) is 19.3 Å². The molecule has 0 bridgehead atoms. The number of carbonyl (C=O) groups is 1. The minimum atomic E-state index is 0.0893. The van der Waals surface area contributed by atoms with Crippen LogP contribution < -0.4 is 10.2 Å². The maximum atomic E-state index is 12.8. The van der Waals surface area contributed by atoms with Crippen molar-refractivity contribution in [1.82, 2.24) is 30.1 Å². The number of hydrogen-bond acceptors (Lipinski definition) is 6. The second kappa shape index (κ2) is 10.1. The van der Waals surface area contributed by atoms with Crippen molar-refractivity contribution in [3.05, 3.63) is 48.9 Å². The third kappa shape index (κ3) is 4.62. The summed E-state index contributed by atoms with van der Waals surface area (Å²) in [6.45, 7) is 2.08. The molecule has 0 unspecified atom stereocenters. The highest BCUT2D eigenvalue weighted by Gasteiger charge is 2.22. The van der Waals surface area contributed by atoms with Gasteiger partial charge in [0, 0.05) is 42.4 Å². The molecule has 1 amide bonds. The molecule has 0 spiro atoms. The Hall–Kier alpha value is -4.27. The van der Waals surface area contributed by atoms with Crippen LogP contribution in [0.5, 0.6) is 0 Å². The number of rotatable bonds is 5. The third-order valence-corrected chi connectivity index (χ3v) is 8.12. The van der Waals surface area contributed by atoms with E-state index < -0.39 is 0 Å². The normalized spacial score (nSPS) is 16.7. The average molecular weight is 521 g/mol. The van der Waals surface area contributed by atoms with Gasteiger partial charge in [-0.05, 0) is 62.4 Å². The van der Waals surface area contributed by atoms with Crippen molar-refractivity contribution in [2.75, 3.05) is 23.3 Å². The first-order valence-corrected chi connectivity index (χ1v) is 14.1. The molecule has 1 aliphatic heterocycles. The van der Waals surface area contributed by atoms with Gasteiger partial charge in [0.2, 0.25) is 5.91 Å². The Kier molecular flexibility index (Phi) is 6.19. The SMILES string of the molecule is O=C(Nc1cncc(-c2ccc3[nH]nc(-c4cc5c(N6CCCCC6)nccc5[nH]4)c3n2)c1)C1CCCCC1. The predicted molar refractivity (Wildman–Crippen MR) is 153 cm³/mol. The molecule has 39 heavy (non-hydrogen) atoms. The van der Waals surface area contributed by atoms with Crippen LogP contribution in [0.15, 0.2) is 48.9 Å². The number of amides is 1. The van der Waals surface area contributed by atoms with Crippen molar-refractivity contribution in [3.8, 4) is 22.6 Å². The Bertz CT molecular complexity index is 1640. The Labute approximate surface area is 226 Å². The minimum absolute atomic E-state index is 0.0893. The molecule has 5 aromatic heterocycles. The fraction of sp³-hybridized carbons (Fsp3) is 0.367. The second-order valence-corrected chi connectivity index (χ2v) is 10.8. The van der Waals surface area contributed by atoms with E-state index in [0.29, 0.717) is 5.69 Å². The zero-order valence-corrected chi connectivity index (χ0v) is 21.9. The van der Waals surface area contributed by atoms with E-state index in [9.17, 15) is 4.79 Å². The van der Waals surface area contributed by atoms with Gasteiger partial charge in [-0.3, -0.25) is 14.9 Å². The molecule has 5 aromatic rings. The quantitative estimate of drug-likeness (QED) is 0.259. The first kappa shape index (κ1) is 23.8. The fourth-order valence-corrected chi connectivity index (χ4v) is 6.03. The van der Waals surface area contributed by atoms with E-state index in [1.54, 1.807) is 12.4 Å². The summed E-state index contributed by atoms with van der Waals surface area (Å²) in [5.41, 5.74) is 6.67. The number of pyridine rings is 3. The monoisotopic (exact) mass is 520 g/mol. The maximum Gasteiger partial charge on any atom is 0.227 e. The number of nitrogens with zero attached hydrogens (tertiary/aromatic N) is 5. The van der Waals surface area contributed by atoms with Crippen LogP contribution in [0.3, 0.4) is 0 Å². The van der Waals surface area contributed by atoms with Crippen molar-refractivity contribution >= 4 is 39.3 Å². The molecule has 198 valence electrons. The zero-order valence-electron chi connectivity index (χ0n) is 21.9. The van der Waals surface area contributed by atoms with E-state index in [4.69, 9.17) is 9.97 Å². The Balaban J connectivity index is 1.20. The van der Waals surface area contributed by atoms with E-state index in [2.05, 4.69) is 36.4 Å². The van der Waals surface area contributed by atoms with E-state index in [0.717, 1.165) is 89.2 Å². The first-order valence-electron chi connectivity index (χ1n) is 14.1. The largest absolute Gasteiger partial charge is 0.356 e. The van der Waals surface area contributed by atoms with Gasteiger partial charge >= 0.3 is 0 Å². The number of carbonyl (C=O) groups excluding carboxylic acids is 1. The maximum absolute atomic E-state index is 12.8. The standard InChI is InChI=1S/C30H32N8O/c39-30(19-7-3-1-4-8-19)33-21-15-20(17-31-18-21)23-9-10-25-27(35-23)28(37-36-25)26-16-22-24(34-26)11-12-32-29(22)38-13-5-2-6-14-38/h9-12,15-19,34H,1-8,13-14H2,(H,33,39)(H,36,37). The van der Waals surface area contributed by atoms with Gasteiger partial charge in [-0.25, -0.2) is 9.97 Å². The molecule has 6 heterocycles. The predicted octanol–water partition coefficient (Wildman–Crippen LogP) is 6.07. The lowest BCUT2D eigenvalue weighted by Crippen LogP contribution is -2.30. The molecule has 9 heteroatoms. The van der Waals surface area contributed by atoms with Crippen LogP contribution in [-0.4, -0.2) is 49.1 Å². The number of piperidine rings is 1. The van der Waals surface area contributed by atoms with Gasteiger partial charge < -0.3 is 15.2 Å². The lowest BCUT2D eigenvalue weighted by Gasteiger charge is -2.28. The molecular formula is C30H32N8O. The van der Waals surface area contributed by atoms with E-state index >= 15 is 0 Å². The summed E-state index contributed by atoms with van der Waals surface area (Å²) in [7, 11) is 0. The third-order valence-electron chi connectivity index (χ3n) is 8.12. The molecule has 0 atom stereocenters. The van der Waals surface area contributed by atoms with Gasteiger partial charge in [0.25, 0.3) is 0 Å². The summed E-state index contributed by atoms with van der Waals surface area (Å²) in [6.07, 6.45) is 14.4. The van der Waals surface area contributed by atoms with Crippen LogP contribution in [0.4, 0.5) is 11.5 Å². The van der Waals surface area contributed by atoms with Gasteiger partial charge in [-0.15, -0.1) is 0 Å². The topological polar surface area (TPSA) is 115 Å². The number of aromatic nitrogens is 6. The number of hydrogen-bond donors (Lipinski definition) is 3. The van der Waals surface area contributed by atoms with Crippen LogP contribution >= 0.6 is 0 Å². The summed E-state index contributed by atoms with van der Waals surface area (Å²) < 4.78 is 0. The molecule has 0 radical (unpaired) electrons. The van der Waals surface area contributed by atoms with Gasteiger partial charge in [0.1, 0.15) is 17.0 Å². The number of nitrogens with one attached hydrogen (secondary N) is 3. The molecule has 1 saturated heterocycles. The highest BCUT2D eigenvalue weighted by Crippen LogP contribution is 2.33. The lowest BCUT2D eigenvalue weighted by atomic mass is 9.88. The molecular weight excluding hydrogens is 488 g/mol. The van der Waals surface area contributed by atoms with Crippen LogP contribution in [-0.2, 0) is 4.79 Å². The summed E-state index contributed by atoms with van der Waals surface area (Å²) in [6, 6.07) is 10.0. The summed E-state index contributed by atoms with van der Waals surface area (Å²) in [4.78, 5) is 32.8. The fourth-order valence-electron chi connectivity index (χ4n) is 6.03. The Morgan fingerprint density at radius 3 is 2.67 bits per heavy atom. The van der Waals surface area contributed by atoms with Crippen molar-refractivity contribution < 1.29 is 4.79 Å². The molecule has 7 rings (SSSR count). The number of anilines is 2. The van der Waals surface area contributed by atoms with E-state index in [1.165, 1.54) is 25.7 Å². The summed E-state index contributed by atoms with van der Waals surface area (Å²) in [5, 5.41) is 11.9. The molecule has 9 nitrogen and oxygen atoms in total. The highest BCUT2D eigenvalue weighted by molar-refractivity contribution is 5.98. The molecule has 1 aliphatic carbocycles. The molecule has 0 aromatic carbocycles. The summed E-state index contributed by atoms with van der Waals surface area (Å²) >= 11 is 0. The zero-order chi connectivity index (χ0) is 26.2. The van der Waals surface area contributed by atoms with E-state index in [1.807, 2.05) is 30.5 Å². The van der Waals surface area contributed by atoms with Gasteiger partial charge in [0.15, 0.2) is 0 Å². The Morgan fingerprint density at radius 1 is 0.949 bits per heavy atom. The number of H-pyrrole nitrogens is 2. The smallest absolute Gasteiger partial charge is 0.227 e. The summed E-state index contributed by atoms with van der Waals surface area (Å²) in [5.74, 6) is 1.21. The first-order chi connectivity index (χ1) is 19.2. The molecule has 2 fully saturated rings. The average Bonchev–Trinajstić information content (AvgIpc) is 3.62. The van der Waals surface area contributed by atoms with Crippen molar-refractivity contribution in [2.45, 2.75) is 51.4 Å².